The van der Waals surface area contributed by atoms with E-state index in [0.717, 1.165) is 16.8 Å². The molecule has 0 radical (unpaired) electrons. The van der Waals surface area contributed by atoms with Crippen molar-refractivity contribution in [3.63, 3.8) is 0 Å². The Hall–Kier alpha value is -3.06. The molecule has 146 valence electrons. The average molecular weight is 398 g/mol. The number of aromatic nitrogens is 1. The van der Waals surface area contributed by atoms with Crippen molar-refractivity contribution in [2.45, 2.75) is 25.7 Å². The van der Waals surface area contributed by atoms with Gasteiger partial charge in [-0.05, 0) is 68.3 Å². The van der Waals surface area contributed by atoms with Gasteiger partial charge in [-0.2, -0.15) is 0 Å². The first-order valence-electron chi connectivity index (χ1n) is 8.76. The van der Waals surface area contributed by atoms with E-state index in [4.69, 9.17) is 4.74 Å². The lowest BCUT2D eigenvalue weighted by Gasteiger charge is -2.14. The van der Waals surface area contributed by atoms with Gasteiger partial charge in [0.05, 0.1) is 23.9 Å². The second-order valence-electron chi connectivity index (χ2n) is 6.61. The molecule has 0 saturated carbocycles. The molecule has 6 nitrogen and oxygen atoms in total. The summed E-state index contributed by atoms with van der Waals surface area (Å²) < 4.78 is 32.6. The Bertz CT molecular complexity index is 1050. The monoisotopic (exact) mass is 397 g/mol. The quantitative estimate of drug-likeness (QED) is 0.637. The number of benzene rings is 2. The summed E-state index contributed by atoms with van der Waals surface area (Å²) in [7, 11) is -2.16. The van der Waals surface area contributed by atoms with Crippen LogP contribution in [0, 0.1) is 20.8 Å². The number of hydrogen-bond acceptors (Lipinski definition) is 5. The molecule has 1 aromatic heterocycles. The first-order chi connectivity index (χ1) is 13.3. The first-order valence-corrected chi connectivity index (χ1v) is 10.2. The molecule has 0 fully saturated rings. The maximum atomic E-state index is 12.5. The molecule has 7 heteroatoms. The fourth-order valence-electron chi connectivity index (χ4n) is 3.00. The maximum Gasteiger partial charge on any atom is 0.261 e. The van der Waals surface area contributed by atoms with E-state index in [0.29, 0.717) is 17.3 Å². The lowest BCUT2D eigenvalue weighted by molar-refractivity contribution is 0.414. The Morgan fingerprint density at radius 3 is 2.11 bits per heavy atom. The molecule has 0 amide bonds. The minimum Gasteiger partial charge on any atom is -0.497 e. The van der Waals surface area contributed by atoms with Crippen LogP contribution in [-0.4, -0.2) is 20.5 Å². The molecular weight excluding hydrogens is 374 g/mol. The van der Waals surface area contributed by atoms with Crippen LogP contribution in [0.1, 0.15) is 16.7 Å². The summed E-state index contributed by atoms with van der Waals surface area (Å²) >= 11 is 0. The highest BCUT2D eigenvalue weighted by Gasteiger charge is 2.14. The van der Waals surface area contributed by atoms with Gasteiger partial charge >= 0.3 is 0 Å². The molecule has 0 saturated heterocycles. The van der Waals surface area contributed by atoms with Crippen molar-refractivity contribution in [3.8, 4) is 5.75 Å². The van der Waals surface area contributed by atoms with Crippen LogP contribution in [0.5, 0.6) is 5.75 Å². The normalized spacial score (nSPS) is 11.1. The zero-order valence-electron chi connectivity index (χ0n) is 16.3. The zero-order valence-corrected chi connectivity index (χ0v) is 17.1. The summed E-state index contributed by atoms with van der Waals surface area (Å²) in [5, 5.41) is 3.30. The average Bonchev–Trinajstić information content (AvgIpc) is 2.66. The van der Waals surface area contributed by atoms with Crippen LogP contribution in [0.15, 0.2) is 59.6 Å². The van der Waals surface area contributed by atoms with Gasteiger partial charge in [-0.25, -0.2) is 13.4 Å². The largest absolute Gasteiger partial charge is 0.497 e. The summed E-state index contributed by atoms with van der Waals surface area (Å²) in [6.07, 6.45) is 1.49. The maximum absolute atomic E-state index is 12.5. The Morgan fingerprint density at radius 2 is 1.57 bits per heavy atom. The van der Waals surface area contributed by atoms with Gasteiger partial charge in [0.2, 0.25) is 0 Å². The summed E-state index contributed by atoms with van der Waals surface area (Å²) in [6, 6.07) is 13.8. The predicted octanol–water partition coefficient (Wildman–Crippen LogP) is 4.56. The molecule has 0 aliphatic heterocycles. The van der Waals surface area contributed by atoms with Crippen LogP contribution >= 0.6 is 0 Å². The first kappa shape index (κ1) is 19.7. The second kappa shape index (κ2) is 7.90. The highest BCUT2D eigenvalue weighted by molar-refractivity contribution is 7.92. The van der Waals surface area contributed by atoms with Crippen molar-refractivity contribution in [1.29, 1.82) is 0 Å². The lowest BCUT2D eigenvalue weighted by atomic mass is 10.1. The van der Waals surface area contributed by atoms with Gasteiger partial charge in [0.25, 0.3) is 10.0 Å². The van der Waals surface area contributed by atoms with E-state index < -0.39 is 10.0 Å². The summed E-state index contributed by atoms with van der Waals surface area (Å²) in [4.78, 5) is 4.48. The Morgan fingerprint density at radius 1 is 0.929 bits per heavy atom. The molecular formula is C21H23N3O3S. The zero-order chi connectivity index (χ0) is 20.3. The summed E-state index contributed by atoms with van der Waals surface area (Å²) in [5.74, 6) is 1.24. The molecule has 1 heterocycles. The Balaban J connectivity index is 1.75. The number of aryl methyl sites for hydroxylation is 3. The number of nitrogens with one attached hydrogen (secondary N) is 2. The third-order valence-corrected chi connectivity index (χ3v) is 5.71. The van der Waals surface area contributed by atoms with Crippen LogP contribution in [-0.2, 0) is 10.0 Å². The number of hydrogen-bond donors (Lipinski definition) is 2. The summed E-state index contributed by atoms with van der Waals surface area (Å²) in [5.41, 5.74) is 4.85. The molecule has 3 aromatic rings. The lowest BCUT2D eigenvalue weighted by Crippen LogP contribution is -2.13. The Labute approximate surface area is 165 Å². The Kier molecular flexibility index (Phi) is 5.56. The van der Waals surface area contributed by atoms with E-state index in [-0.39, 0.29) is 4.90 Å². The molecule has 0 atom stereocenters. The number of rotatable bonds is 6. The number of anilines is 3. The number of pyridine rings is 1. The molecule has 0 spiro atoms. The fraction of sp³-hybridized carbons (Fsp3) is 0.190. The SMILES string of the molecule is COc1ccc(S(=O)(=O)Nc2ccc(Nc3c(C)cc(C)cc3C)nc2)cc1. The van der Waals surface area contributed by atoms with E-state index >= 15 is 0 Å². The van der Waals surface area contributed by atoms with E-state index in [1.807, 2.05) is 13.8 Å². The number of nitrogens with zero attached hydrogens (tertiary/aromatic N) is 1. The van der Waals surface area contributed by atoms with Gasteiger partial charge < -0.3 is 10.1 Å². The molecule has 0 bridgehead atoms. The summed E-state index contributed by atoms with van der Waals surface area (Å²) in [6.45, 7) is 6.14. The highest BCUT2D eigenvalue weighted by atomic mass is 32.2. The van der Waals surface area contributed by atoms with Crippen LogP contribution < -0.4 is 14.8 Å². The van der Waals surface area contributed by atoms with E-state index in [9.17, 15) is 8.42 Å². The highest BCUT2D eigenvalue weighted by Crippen LogP contribution is 2.26. The van der Waals surface area contributed by atoms with Crippen molar-refractivity contribution >= 4 is 27.2 Å². The van der Waals surface area contributed by atoms with Gasteiger partial charge in [0.15, 0.2) is 0 Å². The van der Waals surface area contributed by atoms with E-state index in [1.165, 1.54) is 31.0 Å². The van der Waals surface area contributed by atoms with Gasteiger partial charge in [0, 0.05) is 5.69 Å². The van der Waals surface area contributed by atoms with Gasteiger partial charge in [-0.1, -0.05) is 17.7 Å². The van der Waals surface area contributed by atoms with Crippen molar-refractivity contribution in [2.24, 2.45) is 0 Å². The third-order valence-electron chi connectivity index (χ3n) is 4.32. The number of ether oxygens (including phenoxy) is 1. The van der Waals surface area contributed by atoms with E-state index in [2.05, 4.69) is 34.1 Å². The fourth-order valence-corrected chi connectivity index (χ4v) is 4.05. The van der Waals surface area contributed by atoms with Crippen LogP contribution in [0.25, 0.3) is 0 Å². The molecule has 3 rings (SSSR count). The topological polar surface area (TPSA) is 80.3 Å². The van der Waals surface area contributed by atoms with E-state index in [1.54, 1.807) is 24.3 Å². The smallest absolute Gasteiger partial charge is 0.261 e. The molecule has 0 unspecified atom stereocenters. The minimum atomic E-state index is -3.69. The van der Waals surface area contributed by atoms with Crippen LogP contribution in [0.2, 0.25) is 0 Å². The number of methoxy groups -OCH3 is 1. The van der Waals surface area contributed by atoms with Crippen molar-refractivity contribution in [1.82, 2.24) is 4.98 Å². The van der Waals surface area contributed by atoms with Crippen molar-refractivity contribution in [3.05, 3.63) is 71.4 Å². The predicted molar refractivity (Wildman–Crippen MR) is 112 cm³/mol. The van der Waals surface area contributed by atoms with Gasteiger partial charge in [0.1, 0.15) is 11.6 Å². The van der Waals surface area contributed by atoms with Crippen molar-refractivity contribution in [2.75, 3.05) is 17.1 Å². The minimum absolute atomic E-state index is 0.154. The molecule has 2 N–H and O–H groups in total. The molecule has 2 aromatic carbocycles. The molecule has 0 aliphatic rings. The van der Waals surface area contributed by atoms with Gasteiger partial charge in [-0.15, -0.1) is 0 Å². The van der Waals surface area contributed by atoms with Crippen LogP contribution in [0.4, 0.5) is 17.2 Å². The number of sulfonamides is 1. The van der Waals surface area contributed by atoms with Crippen LogP contribution in [0.3, 0.4) is 0 Å². The molecule has 0 aliphatic carbocycles. The molecule has 28 heavy (non-hydrogen) atoms. The standard InChI is InChI=1S/C21H23N3O3S/c1-14-11-15(2)21(16(3)12-14)23-20-10-5-17(13-22-20)24-28(25,26)19-8-6-18(27-4)7-9-19/h5-13,24H,1-4H3,(H,22,23). The van der Waals surface area contributed by atoms with Crippen molar-refractivity contribution < 1.29 is 13.2 Å². The van der Waals surface area contributed by atoms with Gasteiger partial charge in [-0.3, -0.25) is 4.72 Å². The third kappa shape index (κ3) is 4.43. The second-order valence-corrected chi connectivity index (χ2v) is 8.29.